The highest BCUT2D eigenvalue weighted by atomic mass is 16.6. The number of ether oxygens (including phenoxy) is 8. The zero-order valence-electron chi connectivity index (χ0n) is 72.7. The number of benzene rings is 3. The van der Waals surface area contributed by atoms with Gasteiger partial charge in [0.2, 0.25) is 65.0 Å². The normalized spacial score (nSPS) is 17.5. The van der Waals surface area contributed by atoms with Gasteiger partial charge in [0.05, 0.1) is 91.7 Å². The van der Waals surface area contributed by atoms with Crippen molar-refractivity contribution in [3.05, 3.63) is 89.1 Å². The predicted molar refractivity (Wildman–Crippen MR) is 461 cm³/mol. The van der Waals surface area contributed by atoms with Crippen LogP contribution in [0.15, 0.2) is 66.9 Å². The van der Waals surface area contributed by atoms with Crippen LogP contribution in [0.2, 0.25) is 0 Å². The minimum absolute atomic E-state index is 0.00945. The van der Waals surface area contributed by atoms with Crippen LogP contribution < -0.4 is 62.8 Å². The summed E-state index contributed by atoms with van der Waals surface area (Å²) in [6.45, 7) is 10.9. The number of fused-ring (bicyclic) bond motifs is 2. The van der Waals surface area contributed by atoms with Gasteiger partial charge < -0.3 is 100 Å². The molecule has 6 aliphatic rings. The molecule has 38 heteroatoms. The number of aromatic nitrogens is 2. The largest absolute Gasteiger partial charge is 0.495 e. The Balaban J connectivity index is 0.642. The Bertz CT molecular complexity index is 4410. The van der Waals surface area contributed by atoms with Crippen molar-refractivity contribution in [1.82, 2.24) is 51.3 Å². The van der Waals surface area contributed by atoms with Crippen molar-refractivity contribution in [1.29, 1.82) is 0 Å². The van der Waals surface area contributed by atoms with Crippen molar-refractivity contribution in [2.45, 2.75) is 199 Å². The number of rotatable bonds is 53. The van der Waals surface area contributed by atoms with Gasteiger partial charge in [-0.2, -0.15) is 4.98 Å². The van der Waals surface area contributed by atoms with Gasteiger partial charge in [-0.1, -0.05) is 58.2 Å². The SMILES string of the molecule is CC[C@@H]1C(=O)N(C)c2cnc(Nc3ccc(C(=O)NC4CCN(CCOCCC(CC(=O)Nc5cccc6c5CN(C5CCC(=O)NC5=O)C6=O)NC(=O)OCc5ccc(NC(=O)[C@H](CCCCC(N)=O)NC(=O)[C@@H](CC(=O)CCOCCOCCOCCOCCOCCNC(=O)CCN6C(=O)CCC6=O)C(C)C)cc5)CC4)cc3OC)nc2N1C1CCCC1. The molecule has 126 heavy (non-hydrogen) atoms. The number of carbonyl (C=O) groups is 14. The maximum Gasteiger partial charge on any atom is 0.407 e. The second-order valence-electron chi connectivity index (χ2n) is 32.4. The molecule has 1 saturated carbocycles. The van der Waals surface area contributed by atoms with Crippen LogP contribution in [0.1, 0.15) is 181 Å². The third-order valence-corrected chi connectivity index (χ3v) is 23.1. The number of carbonyl (C=O) groups excluding carboxylic acids is 14. The molecule has 4 aromatic rings. The van der Waals surface area contributed by atoms with E-state index in [0.717, 1.165) is 30.6 Å². The van der Waals surface area contributed by atoms with Gasteiger partial charge in [0.25, 0.3) is 11.8 Å². The van der Waals surface area contributed by atoms with Crippen molar-refractivity contribution in [2.75, 3.05) is 152 Å². The number of hydrogen-bond donors (Lipinski definition) is 9. The lowest BCUT2D eigenvalue weighted by Crippen LogP contribution is -2.55. The van der Waals surface area contributed by atoms with E-state index in [2.05, 4.69) is 57.3 Å². The van der Waals surface area contributed by atoms with Crippen LogP contribution in [0, 0.1) is 11.8 Å². The number of imide groups is 2. The first-order valence-corrected chi connectivity index (χ1v) is 43.8. The van der Waals surface area contributed by atoms with Crippen LogP contribution in [-0.4, -0.2) is 270 Å². The Morgan fingerprint density at radius 1 is 0.675 bits per heavy atom. The third-order valence-electron chi connectivity index (χ3n) is 23.1. The molecule has 10 rings (SSSR count). The van der Waals surface area contributed by atoms with Crippen molar-refractivity contribution < 1.29 is 105 Å². The number of likely N-dealkylation sites (tertiary alicyclic amines) is 2. The quantitative estimate of drug-likeness (QED) is 0.0201. The summed E-state index contributed by atoms with van der Waals surface area (Å²) < 4.78 is 45.3. The molecule has 13 amide bonds. The van der Waals surface area contributed by atoms with Crippen LogP contribution >= 0.6 is 0 Å². The molecule has 0 bridgehead atoms. The molecule has 3 aromatic carbocycles. The maximum atomic E-state index is 14.1. The fourth-order valence-corrected chi connectivity index (χ4v) is 16.0. The average molecular weight is 1760 g/mol. The number of amides is 13. The number of piperidine rings is 2. The monoisotopic (exact) mass is 1750 g/mol. The Kier molecular flexibility index (Phi) is 38.3. The second kappa shape index (κ2) is 49.7. The van der Waals surface area contributed by atoms with E-state index in [1.807, 2.05) is 20.8 Å². The number of nitrogens with zero attached hydrogens (tertiary/aromatic N) is 7. The van der Waals surface area contributed by atoms with E-state index in [9.17, 15) is 67.1 Å². The number of primary amides is 1. The summed E-state index contributed by atoms with van der Waals surface area (Å²) in [5, 5.41) is 22.9. The number of methoxy groups -OCH3 is 1. The number of hydrogen-bond acceptors (Lipinski definition) is 27. The Morgan fingerprint density at radius 3 is 2.02 bits per heavy atom. The van der Waals surface area contributed by atoms with Crippen molar-refractivity contribution >= 4 is 117 Å². The van der Waals surface area contributed by atoms with Crippen LogP contribution in [-0.2, 0) is 99.0 Å². The summed E-state index contributed by atoms with van der Waals surface area (Å²) >= 11 is 0. The number of ketones is 1. The van der Waals surface area contributed by atoms with E-state index in [1.165, 1.54) is 12.0 Å². The van der Waals surface area contributed by atoms with Gasteiger partial charge >= 0.3 is 6.09 Å². The molecule has 5 aliphatic heterocycles. The summed E-state index contributed by atoms with van der Waals surface area (Å²) in [6.07, 6.45) is 8.43. The second-order valence-corrected chi connectivity index (χ2v) is 32.4. The number of anilines is 6. The van der Waals surface area contributed by atoms with Crippen molar-refractivity contribution in [2.24, 2.45) is 17.6 Å². The lowest BCUT2D eigenvalue weighted by molar-refractivity contribution is -0.139. The summed E-state index contributed by atoms with van der Waals surface area (Å²) in [7, 11) is 3.29. The van der Waals surface area contributed by atoms with E-state index >= 15 is 0 Å². The minimum atomic E-state index is -1.07. The average Bonchev–Trinajstić information content (AvgIpc) is 0.819. The minimum Gasteiger partial charge on any atom is -0.495 e. The highest BCUT2D eigenvalue weighted by Gasteiger charge is 2.43. The lowest BCUT2D eigenvalue weighted by atomic mass is 9.88. The van der Waals surface area contributed by atoms with Crippen LogP contribution in [0.3, 0.4) is 0 Å². The molecule has 10 N–H and O–H groups in total. The molecule has 0 radical (unpaired) electrons. The van der Waals surface area contributed by atoms with Crippen LogP contribution in [0.4, 0.5) is 39.3 Å². The Labute approximate surface area is 733 Å². The molecule has 4 fully saturated rings. The molecule has 2 unspecified atom stereocenters. The van der Waals surface area contributed by atoms with Gasteiger partial charge in [0, 0.05) is 156 Å². The third kappa shape index (κ3) is 29.2. The molecule has 0 spiro atoms. The standard InChI is InChI=1S/C88H122N16O22/c1-6-70-86(117)100(4)72-53-91-87(99-80(72)104(70)62-12-7-8-13-62)97-68-23-20-58(50-73(68)119-5)81(112)92-60-28-34-101(35-29-60)37-41-120-38-31-61(51-77(109)95-67-16-11-14-64-66(67)54-103(85(64)116)71-24-25-76(108)98-84(71)115)94-88(118)126-55-57-18-21-59(22-19-57)93-83(114)69(15-9-10-17-74(89)106)96-82(113)65(56(2)3)52-63(105)32-39-121-42-44-123-46-48-125-49-47-124-45-43-122-40-33-90-75(107)30-36-102-78(110)26-27-79(102)111/h11,14,16,18-23,50,53,56,60-62,65,69-71H,6-10,12-13,15,17,24-49,51-52,54-55H2,1-5H3,(H2,89,106)(H,90,107)(H,92,112)(H,93,114)(H,94,118)(H,95,109)(H,96,113)(H,91,97,99)(H,98,108,115)/t61?,65-,69-,70+,71?/m0/s1. The van der Waals surface area contributed by atoms with Gasteiger partial charge in [0.15, 0.2) is 5.82 Å². The maximum absolute atomic E-state index is 14.1. The molecule has 6 heterocycles. The summed E-state index contributed by atoms with van der Waals surface area (Å²) in [5.41, 5.74) is 9.04. The molecule has 5 atom stereocenters. The van der Waals surface area contributed by atoms with Gasteiger partial charge in [0.1, 0.15) is 42.0 Å². The number of nitrogens with two attached hydrogens (primary N) is 1. The highest BCUT2D eigenvalue weighted by Crippen LogP contribution is 2.41. The van der Waals surface area contributed by atoms with Gasteiger partial charge in [-0.15, -0.1) is 0 Å². The van der Waals surface area contributed by atoms with E-state index in [-0.39, 0.29) is 189 Å². The first kappa shape index (κ1) is 97.0. The van der Waals surface area contributed by atoms with E-state index in [1.54, 1.807) is 78.8 Å². The molecular formula is C88H122N16O22. The number of nitrogens with one attached hydrogen (secondary N) is 8. The topological polar surface area (TPSA) is 477 Å². The number of likely N-dealkylation sites (N-methyl/N-ethyl adjacent to an activating group) is 1. The molecule has 686 valence electrons. The van der Waals surface area contributed by atoms with E-state index in [0.29, 0.717) is 161 Å². The smallest absolute Gasteiger partial charge is 0.407 e. The van der Waals surface area contributed by atoms with Gasteiger partial charge in [-0.25, -0.2) is 9.78 Å². The number of Topliss-reactive ketones (excluding diaryl/α,β-unsaturated/α-hetero) is 1. The number of unbranched alkanes of at least 4 members (excludes halogenated alkanes) is 1. The highest BCUT2D eigenvalue weighted by molar-refractivity contribution is 6.08. The van der Waals surface area contributed by atoms with Crippen LogP contribution in [0.25, 0.3) is 0 Å². The summed E-state index contributed by atoms with van der Waals surface area (Å²) in [4.78, 5) is 200. The number of alkyl carbamates (subject to hydrolysis) is 1. The lowest BCUT2D eigenvalue weighted by Gasteiger charge is -2.43. The zero-order chi connectivity index (χ0) is 90.0. The molecule has 1 aliphatic carbocycles. The zero-order valence-corrected chi connectivity index (χ0v) is 72.7. The van der Waals surface area contributed by atoms with Gasteiger partial charge in [-0.3, -0.25) is 72.5 Å². The van der Waals surface area contributed by atoms with E-state index in [4.69, 9.17) is 48.6 Å². The van der Waals surface area contributed by atoms with Gasteiger partial charge in [-0.05, 0) is 112 Å². The fourth-order valence-electron chi connectivity index (χ4n) is 16.0. The predicted octanol–water partition coefficient (Wildman–Crippen LogP) is 5.25. The summed E-state index contributed by atoms with van der Waals surface area (Å²) in [6, 6.07) is 13.5. The first-order chi connectivity index (χ1) is 60.8. The Hall–Kier alpha value is -11.2. The molecule has 38 nitrogen and oxygen atoms in total. The molecule has 3 saturated heterocycles. The molecule has 1 aromatic heterocycles. The van der Waals surface area contributed by atoms with Crippen LogP contribution in [0.5, 0.6) is 5.75 Å². The van der Waals surface area contributed by atoms with Crippen molar-refractivity contribution in [3.8, 4) is 5.75 Å². The van der Waals surface area contributed by atoms with Crippen molar-refractivity contribution in [3.63, 3.8) is 0 Å². The fraction of sp³-hybridized carbons (Fsp3) is 0.591. The molecular weight excluding hydrogens is 1630 g/mol. The van der Waals surface area contributed by atoms with E-state index < -0.39 is 71.5 Å². The first-order valence-electron chi connectivity index (χ1n) is 43.8. The Morgan fingerprint density at radius 2 is 1.36 bits per heavy atom. The summed E-state index contributed by atoms with van der Waals surface area (Å²) in [5.74, 6) is -4.32.